The zero-order chi connectivity index (χ0) is 18.5. The highest BCUT2D eigenvalue weighted by atomic mass is 32.2. The first-order chi connectivity index (χ1) is 12.5. The predicted octanol–water partition coefficient (Wildman–Crippen LogP) is 3.37. The highest BCUT2D eigenvalue weighted by Crippen LogP contribution is 2.54. The number of halogens is 2. The van der Waals surface area contributed by atoms with Crippen LogP contribution >= 0.6 is 11.8 Å². The maximum absolute atomic E-state index is 14.0. The quantitative estimate of drug-likeness (QED) is 0.809. The first-order valence-electron chi connectivity index (χ1n) is 8.32. The van der Waals surface area contributed by atoms with Gasteiger partial charge in [0.1, 0.15) is 11.6 Å². The molecule has 134 valence electrons. The van der Waals surface area contributed by atoms with E-state index < -0.39 is 22.4 Å². The Morgan fingerprint density at radius 1 is 1.19 bits per heavy atom. The van der Waals surface area contributed by atoms with Crippen molar-refractivity contribution < 1.29 is 18.4 Å². The normalized spacial score (nSPS) is 21.6. The lowest BCUT2D eigenvalue weighted by molar-refractivity contribution is -0.123. The molecular weight excluding hydrogens is 358 g/mol. The first-order valence-corrected chi connectivity index (χ1v) is 9.31. The number of rotatable bonds is 2. The van der Waals surface area contributed by atoms with Gasteiger partial charge in [-0.15, -0.1) is 11.8 Å². The maximum atomic E-state index is 14.0. The van der Waals surface area contributed by atoms with Crippen LogP contribution in [-0.4, -0.2) is 35.6 Å². The molecule has 2 heterocycles. The van der Waals surface area contributed by atoms with E-state index in [-0.39, 0.29) is 11.5 Å². The number of thioether (sulfide) groups is 1. The van der Waals surface area contributed by atoms with E-state index in [0.717, 1.165) is 6.07 Å². The molecular formula is C19H16F2N2O2S. The van der Waals surface area contributed by atoms with Crippen LogP contribution in [0.25, 0.3) is 0 Å². The lowest BCUT2D eigenvalue weighted by Gasteiger charge is -2.33. The van der Waals surface area contributed by atoms with Crippen molar-refractivity contribution in [2.45, 2.75) is 11.8 Å². The first kappa shape index (κ1) is 17.0. The number of benzene rings is 2. The molecule has 26 heavy (non-hydrogen) atoms. The van der Waals surface area contributed by atoms with Crippen LogP contribution in [0.4, 0.5) is 14.5 Å². The summed E-state index contributed by atoms with van der Waals surface area (Å²) in [5, 5.41) is 0. The number of likely N-dealkylation sites (N-methyl/N-ethyl adjacent to an activating group) is 1. The summed E-state index contributed by atoms with van der Waals surface area (Å²) in [5.74, 6) is -1.13. The molecule has 0 radical (unpaired) electrons. The molecule has 2 aliphatic rings. The lowest BCUT2D eigenvalue weighted by atomic mass is 10.0. The number of carbonyl (C=O) groups excluding carboxylic acids is 2. The molecule has 0 aromatic heterocycles. The second-order valence-electron chi connectivity index (χ2n) is 6.17. The van der Waals surface area contributed by atoms with Crippen molar-refractivity contribution in [3.63, 3.8) is 0 Å². The molecule has 0 unspecified atom stereocenters. The third-order valence-electron chi connectivity index (χ3n) is 4.79. The summed E-state index contributed by atoms with van der Waals surface area (Å²) < 4.78 is 27.5. The lowest BCUT2D eigenvalue weighted by Crippen LogP contribution is -2.50. The number of nitrogens with zero attached hydrogens (tertiary/aromatic N) is 2. The minimum absolute atomic E-state index is 0.174. The minimum Gasteiger partial charge on any atom is -0.311 e. The van der Waals surface area contributed by atoms with E-state index in [1.54, 1.807) is 11.0 Å². The van der Waals surface area contributed by atoms with Gasteiger partial charge in [-0.1, -0.05) is 6.07 Å². The Morgan fingerprint density at radius 3 is 2.69 bits per heavy atom. The smallest absolute Gasteiger partial charge is 0.268 e. The van der Waals surface area contributed by atoms with Gasteiger partial charge in [-0.25, -0.2) is 8.78 Å². The third kappa shape index (κ3) is 2.26. The number of hydrogen-bond acceptors (Lipinski definition) is 3. The van der Waals surface area contributed by atoms with Crippen LogP contribution in [0, 0.1) is 11.6 Å². The van der Waals surface area contributed by atoms with Gasteiger partial charge in [0, 0.05) is 30.0 Å². The van der Waals surface area contributed by atoms with E-state index >= 15 is 0 Å². The van der Waals surface area contributed by atoms with Gasteiger partial charge in [-0.05, 0) is 43.3 Å². The molecule has 4 rings (SSSR count). The van der Waals surface area contributed by atoms with Gasteiger partial charge in [0.15, 0.2) is 4.87 Å². The van der Waals surface area contributed by atoms with Crippen molar-refractivity contribution >= 4 is 29.3 Å². The van der Waals surface area contributed by atoms with E-state index in [1.165, 1.54) is 47.0 Å². The zero-order valence-corrected chi connectivity index (χ0v) is 14.9. The van der Waals surface area contributed by atoms with E-state index in [1.807, 2.05) is 6.92 Å². The van der Waals surface area contributed by atoms with Crippen molar-refractivity contribution in [2.24, 2.45) is 0 Å². The highest BCUT2D eigenvalue weighted by molar-refractivity contribution is 8.01. The molecule has 2 aromatic rings. The highest BCUT2D eigenvalue weighted by Gasteiger charge is 2.59. The van der Waals surface area contributed by atoms with Gasteiger partial charge in [0.05, 0.1) is 5.69 Å². The van der Waals surface area contributed by atoms with E-state index in [2.05, 4.69) is 0 Å². The third-order valence-corrected chi connectivity index (χ3v) is 6.21. The van der Waals surface area contributed by atoms with Gasteiger partial charge < -0.3 is 9.80 Å². The van der Waals surface area contributed by atoms with Gasteiger partial charge in [0.2, 0.25) is 0 Å². The minimum atomic E-state index is -1.29. The van der Waals surface area contributed by atoms with Gasteiger partial charge >= 0.3 is 0 Å². The fourth-order valence-corrected chi connectivity index (χ4v) is 5.13. The molecule has 7 heteroatoms. The molecule has 1 spiro atoms. The average molecular weight is 374 g/mol. The van der Waals surface area contributed by atoms with Gasteiger partial charge in [-0.3, -0.25) is 9.59 Å². The summed E-state index contributed by atoms with van der Waals surface area (Å²) in [5.41, 5.74) is 1.27. The van der Waals surface area contributed by atoms with Crippen LogP contribution in [0.2, 0.25) is 0 Å². The van der Waals surface area contributed by atoms with Crippen molar-refractivity contribution in [2.75, 3.05) is 23.7 Å². The summed E-state index contributed by atoms with van der Waals surface area (Å²) in [4.78, 5) is 28.1. The second kappa shape index (κ2) is 6.09. The van der Waals surface area contributed by atoms with Crippen LogP contribution < -0.4 is 4.90 Å². The molecule has 1 atom stereocenters. The van der Waals surface area contributed by atoms with E-state index in [0.29, 0.717) is 30.1 Å². The number of fused-ring (bicyclic) bond motifs is 2. The Morgan fingerprint density at radius 2 is 1.96 bits per heavy atom. The van der Waals surface area contributed by atoms with Crippen LogP contribution in [0.5, 0.6) is 0 Å². The summed E-state index contributed by atoms with van der Waals surface area (Å²) in [6.45, 7) is 2.59. The largest absolute Gasteiger partial charge is 0.311 e. The van der Waals surface area contributed by atoms with Crippen LogP contribution in [0.15, 0.2) is 42.5 Å². The Labute approximate surface area is 153 Å². The Kier molecular flexibility index (Phi) is 3.99. The van der Waals surface area contributed by atoms with Crippen molar-refractivity contribution in [1.82, 2.24) is 4.90 Å². The molecule has 2 aromatic carbocycles. The van der Waals surface area contributed by atoms with Crippen molar-refractivity contribution in [1.29, 1.82) is 0 Å². The molecule has 0 saturated carbocycles. The Hall–Kier alpha value is -2.41. The number of hydrogen-bond donors (Lipinski definition) is 0. The summed E-state index contributed by atoms with van der Waals surface area (Å²) >= 11 is 1.32. The molecule has 2 amide bonds. The average Bonchev–Trinajstić information content (AvgIpc) is 3.17. The maximum Gasteiger partial charge on any atom is 0.268 e. The van der Waals surface area contributed by atoms with Crippen LogP contribution in [0.3, 0.4) is 0 Å². The van der Waals surface area contributed by atoms with E-state index in [4.69, 9.17) is 0 Å². The standard InChI is InChI=1S/C19H16F2N2O2S/c1-2-22-16-7-6-14(21)11-15(16)19(18(22)25)23(8-9-26-19)17(24)12-4-3-5-13(20)10-12/h3-7,10-11H,2,8-9H2,1H3/t19-/m1/s1. The summed E-state index contributed by atoms with van der Waals surface area (Å²) in [7, 11) is 0. The SMILES string of the molecule is CCN1C(=O)[C@]2(SCCN2C(=O)c2cccc(F)c2)c2cc(F)ccc21. The zero-order valence-electron chi connectivity index (χ0n) is 14.0. The van der Waals surface area contributed by atoms with Crippen molar-refractivity contribution in [3.05, 3.63) is 65.2 Å². The number of carbonyl (C=O) groups is 2. The monoisotopic (exact) mass is 374 g/mol. The van der Waals surface area contributed by atoms with Gasteiger partial charge in [-0.2, -0.15) is 0 Å². The molecule has 0 aliphatic carbocycles. The molecule has 0 N–H and O–H groups in total. The number of amides is 2. The molecule has 2 aliphatic heterocycles. The summed E-state index contributed by atoms with van der Waals surface area (Å²) in [6, 6.07) is 9.61. The fourth-order valence-electron chi connectivity index (χ4n) is 3.68. The fraction of sp³-hybridized carbons (Fsp3) is 0.263. The second-order valence-corrected chi connectivity index (χ2v) is 7.46. The molecule has 1 fully saturated rings. The Balaban J connectivity index is 1.86. The molecule has 1 saturated heterocycles. The van der Waals surface area contributed by atoms with E-state index in [9.17, 15) is 18.4 Å². The number of anilines is 1. The topological polar surface area (TPSA) is 40.6 Å². The van der Waals surface area contributed by atoms with Gasteiger partial charge in [0.25, 0.3) is 11.8 Å². The predicted molar refractivity (Wildman–Crippen MR) is 96.0 cm³/mol. The van der Waals surface area contributed by atoms with Crippen molar-refractivity contribution in [3.8, 4) is 0 Å². The molecule has 0 bridgehead atoms. The van der Waals surface area contributed by atoms with Crippen LogP contribution in [0.1, 0.15) is 22.8 Å². The Bertz CT molecular complexity index is 920. The summed E-state index contributed by atoms with van der Waals surface area (Å²) in [6.07, 6.45) is 0. The van der Waals surface area contributed by atoms with Crippen LogP contribution in [-0.2, 0) is 9.67 Å². The molecule has 4 nitrogen and oxygen atoms in total.